The average Bonchev–Trinajstić information content (AvgIpc) is 3.41. The molecule has 75 heavy (non-hydrogen) atoms. The molecule has 442 valence electrons. The molecule has 1 unspecified atom stereocenters. The summed E-state index contributed by atoms with van der Waals surface area (Å²) < 4.78 is 16.9. The van der Waals surface area contributed by atoms with Crippen LogP contribution in [-0.2, 0) is 28.6 Å². The molecular weight excluding hydrogens is 925 g/mol. The van der Waals surface area contributed by atoms with Crippen LogP contribution in [0.1, 0.15) is 380 Å². The number of allylic oxidation sites excluding steroid dienone is 4. The summed E-state index contributed by atoms with van der Waals surface area (Å²) in [6, 6.07) is 0. The van der Waals surface area contributed by atoms with E-state index in [-0.39, 0.29) is 31.1 Å². The van der Waals surface area contributed by atoms with Crippen LogP contribution in [0.5, 0.6) is 0 Å². The van der Waals surface area contributed by atoms with Gasteiger partial charge in [0, 0.05) is 19.3 Å². The molecule has 0 bridgehead atoms. The molecule has 0 saturated heterocycles. The molecule has 0 fully saturated rings. The Morgan fingerprint density at radius 1 is 0.253 bits per heavy atom. The van der Waals surface area contributed by atoms with Gasteiger partial charge in [-0.3, -0.25) is 14.4 Å². The fraction of sp³-hybridized carbons (Fsp3) is 0.899. The number of rotatable bonds is 63. The lowest BCUT2D eigenvalue weighted by atomic mass is 10.0. The summed E-state index contributed by atoms with van der Waals surface area (Å²) >= 11 is 0. The fourth-order valence-corrected chi connectivity index (χ4v) is 10.3. The van der Waals surface area contributed by atoms with Crippen molar-refractivity contribution in [2.75, 3.05) is 13.2 Å². The molecule has 6 nitrogen and oxygen atoms in total. The van der Waals surface area contributed by atoms with E-state index < -0.39 is 6.10 Å². The molecule has 6 heteroatoms. The Morgan fingerprint density at radius 3 is 0.693 bits per heavy atom. The van der Waals surface area contributed by atoms with Crippen LogP contribution in [0.3, 0.4) is 0 Å². The van der Waals surface area contributed by atoms with Crippen LogP contribution in [0, 0.1) is 0 Å². The molecule has 0 saturated carbocycles. The van der Waals surface area contributed by atoms with Gasteiger partial charge < -0.3 is 14.2 Å². The number of unbranched alkanes of at least 4 members (excludes halogenated alkanes) is 48. The van der Waals surface area contributed by atoms with Crippen molar-refractivity contribution in [2.45, 2.75) is 386 Å². The third-order valence-corrected chi connectivity index (χ3v) is 15.4. The zero-order chi connectivity index (χ0) is 54.3. The topological polar surface area (TPSA) is 78.9 Å². The third-order valence-electron chi connectivity index (χ3n) is 15.4. The van der Waals surface area contributed by atoms with E-state index in [9.17, 15) is 14.4 Å². The largest absolute Gasteiger partial charge is 0.462 e. The Morgan fingerprint density at radius 2 is 0.440 bits per heavy atom. The first-order valence-electron chi connectivity index (χ1n) is 33.8. The van der Waals surface area contributed by atoms with E-state index in [0.717, 1.165) is 64.2 Å². The number of carbonyl (C=O) groups excluding carboxylic acids is 3. The SMILES string of the molecule is CCCCC/C=C\CCCCCCCC(=O)OCC(COC(=O)CCCCCCCCCCCCCCCCCCCCC/C=C\CCCCCCCCCC)OC(=O)CCCCCCCCCCCCCCCC. The van der Waals surface area contributed by atoms with E-state index in [0.29, 0.717) is 19.3 Å². The van der Waals surface area contributed by atoms with Crippen LogP contribution in [0.4, 0.5) is 0 Å². The quantitative estimate of drug-likeness (QED) is 0.0261. The van der Waals surface area contributed by atoms with Gasteiger partial charge in [-0.1, -0.05) is 315 Å². The van der Waals surface area contributed by atoms with Crippen molar-refractivity contribution in [3.05, 3.63) is 24.3 Å². The van der Waals surface area contributed by atoms with Gasteiger partial charge in [-0.05, 0) is 70.6 Å². The van der Waals surface area contributed by atoms with Gasteiger partial charge in [0.25, 0.3) is 0 Å². The zero-order valence-corrected chi connectivity index (χ0v) is 50.8. The first-order valence-corrected chi connectivity index (χ1v) is 33.8. The maximum absolute atomic E-state index is 12.9. The minimum Gasteiger partial charge on any atom is -0.462 e. The standard InChI is InChI=1S/C69H130O6/c1-4-7-10-13-16-19-22-25-27-28-29-30-31-32-33-34-35-36-37-38-39-40-41-42-43-45-47-50-53-56-59-62-68(71)74-65-66(64-73-67(70)61-58-55-52-49-46-24-21-18-15-12-9-6-3)75-69(72)63-60-57-54-51-48-44-26-23-20-17-14-11-8-5-2/h18,21,28-29,66H,4-17,19-20,22-27,30-65H2,1-3H3/b21-18-,29-28-. The maximum Gasteiger partial charge on any atom is 0.306 e. The van der Waals surface area contributed by atoms with E-state index in [2.05, 4.69) is 45.1 Å². The molecule has 0 rings (SSSR count). The Balaban J connectivity index is 4.07. The number of hydrogen-bond donors (Lipinski definition) is 0. The Kier molecular flexibility index (Phi) is 62.6. The Labute approximate surface area is 468 Å². The predicted molar refractivity (Wildman–Crippen MR) is 326 cm³/mol. The second-order valence-electron chi connectivity index (χ2n) is 23.1. The van der Waals surface area contributed by atoms with Gasteiger partial charge >= 0.3 is 17.9 Å². The molecule has 0 aliphatic carbocycles. The predicted octanol–water partition coefficient (Wildman–Crippen LogP) is 23.0. The number of carbonyl (C=O) groups is 3. The van der Waals surface area contributed by atoms with E-state index in [1.807, 2.05) is 0 Å². The highest BCUT2D eigenvalue weighted by atomic mass is 16.6. The normalized spacial score (nSPS) is 12.1. The molecule has 1 atom stereocenters. The first-order chi connectivity index (χ1) is 37.0. The van der Waals surface area contributed by atoms with Crippen LogP contribution in [0.2, 0.25) is 0 Å². The average molecular weight is 1060 g/mol. The van der Waals surface area contributed by atoms with Crippen LogP contribution < -0.4 is 0 Å². The Bertz CT molecular complexity index is 1210. The van der Waals surface area contributed by atoms with Gasteiger partial charge in [0.15, 0.2) is 6.10 Å². The van der Waals surface area contributed by atoms with Crippen molar-refractivity contribution in [2.24, 2.45) is 0 Å². The molecule has 0 amide bonds. The zero-order valence-electron chi connectivity index (χ0n) is 50.8. The molecule has 0 aromatic rings. The monoisotopic (exact) mass is 1050 g/mol. The first kappa shape index (κ1) is 72.9. The lowest BCUT2D eigenvalue weighted by Crippen LogP contribution is -2.30. The summed E-state index contributed by atoms with van der Waals surface area (Å²) in [6.45, 7) is 6.67. The molecular formula is C69H130O6. The van der Waals surface area contributed by atoms with Gasteiger partial charge in [-0.15, -0.1) is 0 Å². The highest BCUT2D eigenvalue weighted by molar-refractivity contribution is 5.71. The van der Waals surface area contributed by atoms with E-state index in [1.165, 1.54) is 276 Å². The molecule has 0 aliphatic heterocycles. The second-order valence-corrected chi connectivity index (χ2v) is 23.1. The minimum atomic E-state index is -0.770. The molecule has 0 radical (unpaired) electrons. The van der Waals surface area contributed by atoms with Crippen molar-refractivity contribution in [1.29, 1.82) is 0 Å². The lowest BCUT2D eigenvalue weighted by Gasteiger charge is -2.18. The van der Waals surface area contributed by atoms with E-state index >= 15 is 0 Å². The molecule has 0 aromatic heterocycles. The molecule has 0 spiro atoms. The van der Waals surface area contributed by atoms with Crippen LogP contribution in [0.15, 0.2) is 24.3 Å². The van der Waals surface area contributed by atoms with Crippen LogP contribution in [0.25, 0.3) is 0 Å². The summed E-state index contributed by atoms with van der Waals surface area (Å²) in [5.74, 6) is -0.851. The summed E-state index contributed by atoms with van der Waals surface area (Å²) in [7, 11) is 0. The van der Waals surface area contributed by atoms with E-state index in [4.69, 9.17) is 14.2 Å². The van der Waals surface area contributed by atoms with Gasteiger partial charge in [-0.2, -0.15) is 0 Å². The summed E-state index contributed by atoms with van der Waals surface area (Å²) in [5.41, 5.74) is 0. The number of hydrogen-bond acceptors (Lipinski definition) is 6. The minimum absolute atomic E-state index is 0.0678. The highest BCUT2D eigenvalue weighted by Gasteiger charge is 2.19. The van der Waals surface area contributed by atoms with Gasteiger partial charge in [-0.25, -0.2) is 0 Å². The lowest BCUT2D eigenvalue weighted by molar-refractivity contribution is -0.167. The van der Waals surface area contributed by atoms with Crippen molar-refractivity contribution >= 4 is 17.9 Å². The van der Waals surface area contributed by atoms with Crippen molar-refractivity contribution in [1.82, 2.24) is 0 Å². The Hall–Kier alpha value is -2.11. The molecule has 0 aromatic carbocycles. The smallest absolute Gasteiger partial charge is 0.306 e. The molecule has 0 aliphatic rings. The summed E-state index contributed by atoms with van der Waals surface area (Å²) in [6.07, 6.45) is 77.9. The van der Waals surface area contributed by atoms with Crippen molar-refractivity contribution < 1.29 is 28.6 Å². The van der Waals surface area contributed by atoms with Crippen molar-refractivity contribution in [3.8, 4) is 0 Å². The molecule has 0 heterocycles. The second kappa shape index (κ2) is 64.4. The fourth-order valence-electron chi connectivity index (χ4n) is 10.3. The van der Waals surface area contributed by atoms with Gasteiger partial charge in [0.05, 0.1) is 0 Å². The van der Waals surface area contributed by atoms with E-state index in [1.54, 1.807) is 0 Å². The van der Waals surface area contributed by atoms with Crippen molar-refractivity contribution in [3.63, 3.8) is 0 Å². The number of esters is 3. The van der Waals surface area contributed by atoms with Crippen LogP contribution in [-0.4, -0.2) is 37.2 Å². The maximum atomic E-state index is 12.9. The third kappa shape index (κ3) is 62.6. The van der Waals surface area contributed by atoms with Gasteiger partial charge in [0.2, 0.25) is 0 Å². The number of ether oxygens (including phenoxy) is 3. The molecule has 0 N–H and O–H groups in total. The van der Waals surface area contributed by atoms with Crippen LogP contribution >= 0.6 is 0 Å². The summed E-state index contributed by atoms with van der Waals surface area (Å²) in [4.78, 5) is 38.2. The van der Waals surface area contributed by atoms with Gasteiger partial charge in [0.1, 0.15) is 13.2 Å². The highest BCUT2D eigenvalue weighted by Crippen LogP contribution is 2.18. The summed E-state index contributed by atoms with van der Waals surface area (Å²) in [5, 5.41) is 0.